The largest absolute Gasteiger partial charge is 0.327 e. The number of benzene rings is 1. The lowest BCUT2D eigenvalue weighted by Gasteiger charge is -2.06. The van der Waals surface area contributed by atoms with Crippen LogP contribution in [0.25, 0.3) is 0 Å². The quantitative estimate of drug-likeness (QED) is 0.918. The van der Waals surface area contributed by atoms with Gasteiger partial charge in [-0.2, -0.15) is 5.10 Å². The van der Waals surface area contributed by atoms with Gasteiger partial charge in [0.25, 0.3) is 0 Å². The SMILES string of the molecule is CCC(N)Cc1cnn(Cc2ccc(Cl)cc2Cl)c1. The Hall–Kier alpha value is -1.03. The fraction of sp³-hybridized carbons (Fsp3) is 0.357. The molecule has 2 N–H and O–H groups in total. The zero-order valence-corrected chi connectivity index (χ0v) is 12.3. The molecule has 1 aromatic heterocycles. The average molecular weight is 298 g/mol. The van der Waals surface area contributed by atoms with E-state index in [-0.39, 0.29) is 6.04 Å². The Balaban J connectivity index is 2.07. The third-order valence-corrected chi connectivity index (χ3v) is 3.64. The first kappa shape index (κ1) is 14.4. The van der Waals surface area contributed by atoms with Crippen LogP contribution in [0.1, 0.15) is 24.5 Å². The lowest BCUT2D eigenvalue weighted by atomic mass is 10.1. The van der Waals surface area contributed by atoms with Gasteiger partial charge < -0.3 is 5.73 Å². The van der Waals surface area contributed by atoms with Crippen molar-refractivity contribution >= 4 is 23.2 Å². The summed E-state index contributed by atoms with van der Waals surface area (Å²) in [6.07, 6.45) is 5.69. The van der Waals surface area contributed by atoms with Crippen molar-refractivity contribution in [2.45, 2.75) is 32.4 Å². The maximum atomic E-state index is 6.15. The lowest BCUT2D eigenvalue weighted by molar-refractivity contribution is 0.644. The summed E-state index contributed by atoms with van der Waals surface area (Å²) in [7, 11) is 0. The Morgan fingerprint density at radius 1 is 1.37 bits per heavy atom. The molecule has 0 saturated heterocycles. The molecule has 1 atom stereocenters. The van der Waals surface area contributed by atoms with Gasteiger partial charge in [-0.05, 0) is 36.1 Å². The van der Waals surface area contributed by atoms with Crippen LogP contribution in [0.3, 0.4) is 0 Å². The Morgan fingerprint density at radius 3 is 2.84 bits per heavy atom. The van der Waals surface area contributed by atoms with E-state index in [0.29, 0.717) is 16.6 Å². The van der Waals surface area contributed by atoms with Gasteiger partial charge in [-0.15, -0.1) is 0 Å². The van der Waals surface area contributed by atoms with E-state index >= 15 is 0 Å². The summed E-state index contributed by atoms with van der Waals surface area (Å²) in [5.74, 6) is 0. The van der Waals surface area contributed by atoms with Gasteiger partial charge in [-0.25, -0.2) is 0 Å². The highest BCUT2D eigenvalue weighted by molar-refractivity contribution is 6.35. The second kappa shape index (κ2) is 6.42. The minimum absolute atomic E-state index is 0.191. The molecule has 0 aliphatic carbocycles. The number of hydrogen-bond donors (Lipinski definition) is 1. The van der Waals surface area contributed by atoms with E-state index in [1.807, 2.05) is 29.2 Å². The number of nitrogens with two attached hydrogens (primary N) is 1. The molecule has 5 heteroatoms. The van der Waals surface area contributed by atoms with E-state index in [1.54, 1.807) is 6.07 Å². The molecule has 1 heterocycles. The van der Waals surface area contributed by atoms with Crippen LogP contribution in [0.2, 0.25) is 10.0 Å². The van der Waals surface area contributed by atoms with Crippen molar-refractivity contribution in [1.29, 1.82) is 0 Å². The minimum Gasteiger partial charge on any atom is -0.327 e. The number of halogens is 2. The summed E-state index contributed by atoms with van der Waals surface area (Å²) in [6.45, 7) is 2.72. The molecule has 0 spiro atoms. The lowest BCUT2D eigenvalue weighted by Crippen LogP contribution is -2.21. The van der Waals surface area contributed by atoms with Crippen molar-refractivity contribution in [3.63, 3.8) is 0 Å². The highest BCUT2D eigenvalue weighted by Crippen LogP contribution is 2.21. The highest BCUT2D eigenvalue weighted by Gasteiger charge is 2.06. The molecule has 19 heavy (non-hydrogen) atoms. The maximum absolute atomic E-state index is 6.15. The van der Waals surface area contributed by atoms with Crippen LogP contribution in [0, 0.1) is 0 Å². The normalized spacial score (nSPS) is 12.6. The second-order valence-electron chi connectivity index (χ2n) is 4.65. The molecule has 3 nitrogen and oxygen atoms in total. The maximum Gasteiger partial charge on any atom is 0.0674 e. The minimum atomic E-state index is 0.191. The summed E-state index contributed by atoms with van der Waals surface area (Å²) < 4.78 is 1.87. The fourth-order valence-electron chi connectivity index (χ4n) is 1.87. The Kier molecular flexibility index (Phi) is 4.86. The number of hydrogen-bond acceptors (Lipinski definition) is 2. The zero-order valence-electron chi connectivity index (χ0n) is 10.8. The first-order valence-corrected chi connectivity index (χ1v) is 7.05. The number of aromatic nitrogens is 2. The molecule has 0 aliphatic rings. The molecule has 0 aliphatic heterocycles. The van der Waals surface area contributed by atoms with Crippen LogP contribution >= 0.6 is 23.2 Å². The zero-order chi connectivity index (χ0) is 13.8. The van der Waals surface area contributed by atoms with Gasteiger partial charge in [0.15, 0.2) is 0 Å². The van der Waals surface area contributed by atoms with Crippen molar-refractivity contribution in [2.24, 2.45) is 5.73 Å². The third kappa shape index (κ3) is 3.96. The van der Waals surface area contributed by atoms with Crippen molar-refractivity contribution in [3.05, 3.63) is 51.8 Å². The predicted octanol–water partition coefficient (Wildman–Crippen LogP) is 3.52. The van der Waals surface area contributed by atoms with Crippen molar-refractivity contribution < 1.29 is 0 Å². The molecule has 1 aromatic carbocycles. The van der Waals surface area contributed by atoms with E-state index in [0.717, 1.165) is 24.0 Å². The molecule has 2 aromatic rings. The molecule has 2 rings (SSSR count). The number of nitrogens with zero attached hydrogens (tertiary/aromatic N) is 2. The highest BCUT2D eigenvalue weighted by atomic mass is 35.5. The van der Waals surface area contributed by atoms with Crippen molar-refractivity contribution in [2.75, 3.05) is 0 Å². The first-order chi connectivity index (χ1) is 9.08. The molecule has 0 saturated carbocycles. The van der Waals surface area contributed by atoms with Gasteiger partial charge in [0, 0.05) is 22.3 Å². The summed E-state index contributed by atoms with van der Waals surface area (Å²) >= 11 is 12.0. The van der Waals surface area contributed by atoms with Gasteiger partial charge in [0.05, 0.1) is 12.7 Å². The van der Waals surface area contributed by atoms with Gasteiger partial charge in [0.2, 0.25) is 0 Å². The standard InChI is InChI=1S/C14H17Cl2N3/c1-2-13(17)5-10-7-18-19(8-10)9-11-3-4-12(15)6-14(11)16/h3-4,6-8,13H,2,5,9,17H2,1H3. The monoisotopic (exact) mass is 297 g/mol. The Morgan fingerprint density at radius 2 is 2.16 bits per heavy atom. The second-order valence-corrected chi connectivity index (χ2v) is 5.50. The van der Waals surface area contributed by atoms with E-state index in [9.17, 15) is 0 Å². The van der Waals surface area contributed by atoms with E-state index in [1.165, 1.54) is 0 Å². The van der Waals surface area contributed by atoms with Crippen LogP contribution in [0.4, 0.5) is 0 Å². The van der Waals surface area contributed by atoms with Crippen LogP contribution < -0.4 is 5.73 Å². The summed E-state index contributed by atoms with van der Waals surface area (Å²) in [5, 5.41) is 5.64. The molecular formula is C14H17Cl2N3. The predicted molar refractivity (Wildman–Crippen MR) is 79.8 cm³/mol. The molecule has 0 bridgehead atoms. The molecule has 0 radical (unpaired) electrons. The Labute approximate surface area is 123 Å². The molecule has 102 valence electrons. The summed E-state index contributed by atoms with van der Waals surface area (Å²) in [4.78, 5) is 0. The molecular weight excluding hydrogens is 281 g/mol. The molecule has 1 unspecified atom stereocenters. The van der Waals surface area contributed by atoms with Gasteiger partial charge in [0.1, 0.15) is 0 Å². The van der Waals surface area contributed by atoms with Crippen molar-refractivity contribution in [1.82, 2.24) is 9.78 Å². The van der Waals surface area contributed by atoms with E-state index in [4.69, 9.17) is 28.9 Å². The average Bonchev–Trinajstić information content (AvgIpc) is 2.80. The topological polar surface area (TPSA) is 43.8 Å². The van der Waals surface area contributed by atoms with Crippen LogP contribution in [-0.2, 0) is 13.0 Å². The molecule has 0 amide bonds. The first-order valence-electron chi connectivity index (χ1n) is 6.29. The van der Waals surface area contributed by atoms with Crippen LogP contribution in [0.15, 0.2) is 30.6 Å². The summed E-state index contributed by atoms with van der Waals surface area (Å²) in [5.41, 5.74) is 8.09. The van der Waals surface area contributed by atoms with Gasteiger partial charge in [-0.3, -0.25) is 4.68 Å². The summed E-state index contributed by atoms with van der Waals surface area (Å²) in [6, 6.07) is 5.69. The van der Waals surface area contributed by atoms with E-state index in [2.05, 4.69) is 12.0 Å². The van der Waals surface area contributed by atoms with E-state index < -0.39 is 0 Å². The number of rotatable bonds is 5. The smallest absolute Gasteiger partial charge is 0.0674 e. The van der Waals surface area contributed by atoms with Crippen LogP contribution in [-0.4, -0.2) is 15.8 Å². The third-order valence-electron chi connectivity index (χ3n) is 3.06. The van der Waals surface area contributed by atoms with Crippen molar-refractivity contribution in [3.8, 4) is 0 Å². The fourth-order valence-corrected chi connectivity index (χ4v) is 2.34. The van der Waals surface area contributed by atoms with Crippen LogP contribution in [0.5, 0.6) is 0 Å². The van der Waals surface area contributed by atoms with Gasteiger partial charge >= 0.3 is 0 Å². The Bertz CT molecular complexity index is 551. The van der Waals surface area contributed by atoms with Gasteiger partial charge in [-0.1, -0.05) is 36.2 Å². The molecule has 0 fully saturated rings.